The first-order valence-corrected chi connectivity index (χ1v) is 9.51. The molecule has 0 saturated heterocycles. The Morgan fingerprint density at radius 2 is 1.83 bits per heavy atom. The van der Waals surface area contributed by atoms with Crippen molar-refractivity contribution in [2.75, 3.05) is 0 Å². The van der Waals surface area contributed by atoms with Gasteiger partial charge in [-0.1, -0.05) is 29.8 Å². The summed E-state index contributed by atoms with van der Waals surface area (Å²) in [5, 5.41) is 3.93. The van der Waals surface area contributed by atoms with Gasteiger partial charge in [0.1, 0.15) is 17.4 Å². The number of carbonyl (C=O) groups excluding carboxylic acids is 3. The quantitative estimate of drug-likeness (QED) is 0.614. The van der Waals surface area contributed by atoms with Gasteiger partial charge in [-0.25, -0.2) is 0 Å². The van der Waals surface area contributed by atoms with Gasteiger partial charge in [0.05, 0.1) is 0 Å². The minimum atomic E-state index is -1.02. The molecule has 0 fully saturated rings. The number of rotatable bonds is 7. The molecule has 29 heavy (non-hydrogen) atoms. The minimum absolute atomic E-state index is 0.115. The Morgan fingerprint density at radius 3 is 2.45 bits per heavy atom. The second-order valence-corrected chi connectivity index (χ2v) is 7.39. The highest BCUT2D eigenvalue weighted by Gasteiger charge is 2.25. The van der Waals surface area contributed by atoms with Gasteiger partial charge in [-0.3, -0.25) is 9.59 Å². The molecule has 2 aromatic carbocycles. The lowest BCUT2D eigenvalue weighted by Crippen LogP contribution is -2.37. The van der Waals surface area contributed by atoms with Crippen LogP contribution in [0.1, 0.15) is 46.6 Å². The molecule has 3 N–H and O–H groups in total. The summed E-state index contributed by atoms with van der Waals surface area (Å²) in [6, 6.07) is 11.0. The van der Waals surface area contributed by atoms with Crippen molar-refractivity contribution in [2.45, 2.75) is 32.7 Å². The van der Waals surface area contributed by atoms with Crippen molar-refractivity contribution >= 4 is 40.2 Å². The normalized spacial score (nSPS) is 12.0. The number of hydrogen-bond acceptors (Lipinski definition) is 4. The number of fused-ring (bicyclic) bond motifs is 1. The highest BCUT2D eigenvalue weighted by atomic mass is 35.5. The molecule has 0 spiro atoms. The third-order valence-electron chi connectivity index (χ3n) is 4.74. The summed E-state index contributed by atoms with van der Waals surface area (Å²) in [5.74, 6) is -0.999. The summed E-state index contributed by atoms with van der Waals surface area (Å²) in [6.45, 7) is 3.33. The van der Waals surface area contributed by atoms with Crippen molar-refractivity contribution in [2.24, 2.45) is 5.73 Å². The molecule has 0 aliphatic rings. The number of amides is 2. The number of primary amides is 1. The lowest BCUT2D eigenvalue weighted by atomic mass is 10.0. The molecule has 150 valence electrons. The highest BCUT2D eigenvalue weighted by molar-refractivity contribution is 6.30. The fourth-order valence-electron chi connectivity index (χ4n) is 3.13. The summed E-state index contributed by atoms with van der Waals surface area (Å²) < 4.78 is 5.72. The van der Waals surface area contributed by atoms with E-state index in [0.717, 1.165) is 10.9 Å². The Labute approximate surface area is 173 Å². The maximum atomic E-state index is 12.8. The van der Waals surface area contributed by atoms with Crippen LogP contribution >= 0.6 is 11.6 Å². The molecule has 0 aliphatic heterocycles. The second kappa shape index (κ2) is 8.49. The van der Waals surface area contributed by atoms with Gasteiger partial charge in [0, 0.05) is 22.4 Å². The zero-order valence-electron chi connectivity index (χ0n) is 16.1. The predicted molar refractivity (Wildman–Crippen MR) is 111 cm³/mol. The number of aryl methyl sites for hydroxylation is 2. The van der Waals surface area contributed by atoms with E-state index in [-0.39, 0.29) is 11.5 Å². The number of carbonyl (C=O) groups is 3. The molecule has 0 bridgehead atoms. The molecule has 7 heteroatoms. The molecule has 0 radical (unpaired) electrons. The third kappa shape index (κ3) is 4.66. The van der Waals surface area contributed by atoms with Gasteiger partial charge in [-0.15, -0.1) is 0 Å². The fraction of sp³-hybridized carbons (Fsp3) is 0.227. The maximum Gasteiger partial charge on any atom is 0.288 e. The van der Waals surface area contributed by atoms with Crippen LogP contribution in [0.5, 0.6) is 0 Å². The standard InChI is InChI=1S/C22H21ClN2O4/c1-12(26)3-4-14-5-10-18-17(11-14)13(2)20(29-18)22(28)25-19(21(24)27)15-6-8-16(23)9-7-15/h5-11,19H,3-4H2,1-2H3,(H2,24,27)(H,25,28). The lowest BCUT2D eigenvalue weighted by molar-refractivity contribution is -0.120. The summed E-state index contributed by atoms with van der Waals surface area (Å²) in [6.07, 6.45) is 1.08. The molecule has 1 unspecified atom stereocenters. The van der Waals surface area contributed by atoms with Gasteiger partial charge in [-0.05, 0) is 55.7 Å². The summed E-state index contributed by atoms with van der Waals surface area (Å²) in [7, 11) is 0. The number of nitrogens with two attached hydrogens (primary N) is 1. The van der Waals surface area contributed by atoms with Crippen LogP contribution in [0.4, 0.5) is 0 Å². The Morgan fingerprint density at radius 1 is 1.14 bits per heavy atom. The molecular formula is C22H21ClN2O4. The number of Topliss-reactive ketones (excluding diaryl/α,β-unsaturated/α-hetero) is 1. The second-order valence-electron chi connectivity index (χ2n) is 6.95. The minimum Gasteiger partial charge on any atom is -0.451 e. The van der Waals surface area contributed by atoms with Crippen LogP contribution in [0.25, 0.3) is 11.0 Å². The van der Waals surface area contributed by atoms with Crippen LogP contribution in [-0.4, -0.2) is 17.6 Å². The SMILES string of the molecule is CC(=O)CCc1ccc2oc(C(=O)NC(C(N)=O)c3ccc(Cl)cc3)c(C)c2c1. The zero-order valence-corrected chi connectivity index (χ0v) is 16.9. The van der Waals surface area contributed by atoms with Crippen LogP contribution in [0.15, 0.2) is 46.9 Å². The molecule has 3 aromatic rings. The molecular weight excluding hydrogens is 392 g/mol. The average Bonchev–Trinajstić information content (AvgIpc) is 3.01. The van der Waals surface area contributed by atoms with Gasteiger partial charge in [0.25, 0.3) is 5.91 Å². The third-order valence-corrected chi connectivity index (χ3v) is 4.99. The van der Waals surface area contributed by atoms with E-state index in [4.69, 9.17) is 21.8 Å². The van der Waals surface area contributed by atoms with Gasteiger partial charge >= 0.3 is 0 Å². The smallest absolute Gasteiger partial charge is 0.288 e. The monoisotopic (exact) mass is 412 g/mol. The van der Waals surface area contributed by atoms with Crippen LogP contribution in [0, 0.1) is 6.92 Å². The number of hydrogen-bond donors (Lipinski definition) is 2. The largest absolute Gasteiger partial charge is 0.451 e. The van der Waals surface area contributed by atoms with E-state index in [1.165, 1.54) is 0 Å². The van der Waals surface area contributed by atoms with Crippen molar-refractivity contribution in [3.63, 3.8) is 0 Å². The van der Waals surface area contributed by atoms with E-state index >= 15 is 0 Å². The van der Waals surface area contributed by atoms with Gasteiger partial charge in [-0.2, -0.15) is 0 Å². The van der Waals surface area contributed by atoms with E-state index in [0.29, 0.717) is 34.6 Å². The summed E-state index contributed by atoms with van der Waals surface area (Å²) in [5.41, 5.74) is 8.20. The van der Waals surface area contributed by atoms with Gasteiger partial charge in [0.15, 0.2) is 5.76 Å². The van der Waals surface area contributed by atoms with Crippen molar-refractivity contribution in [1.82, 2.24) is 5.32 Å². The Bertz CT molecular complexity index is 1090. The van der Waals surface area contributed by atoms with Crippen LogP contribution in [-0.2, 0) is 16.0 Å². The highest BCUT2D eigenvalue weighted by Crippen LogP contribution is 2.27. The first-order valence-electron chi connectivity index (χ1n) is 9.13. The summed E-state index contributed by atoms with van der Waals surface area (Å²) in [4.78, 5) is 35.9. The van der Waals surface area contributed by atoms with Gasteiger partial charge in [0.2, 0.25) is 5.91 Å². The van der Waals surface area contributed by atoms with E-state index < -0.39 is 17.9 Å². The van der Waals surface area contributed by atoms with Gasteiger partial charge < -0.3 is 20.3 Å². The first kappa shape index (κ1) is 20.6. The Hall–Kier alpha value is -3.12. The fourth-order valence-corrected chi connectivity index (χ4v) is 3.26. The number of ketones is 1. The molecule has 2 amide bonds. The van der Waals surface area contributed by atoms with E-state index in [1.807, 2.05) is 12.1 Å². The maximum absolute atomic E-state index is 12.8. The number of halogens is 1. The predicted octanol–water partition coefficient (Wildman–Crippen LogP) is 3.87. The molecule has 6 nitrogen and oxygen atoms in total. The van der Waals surface area contributed by atoms with Crippen LogP contribution in [0.3, 0.4) is 0 Å². The molecule has 0 aliphatic carbocycles. The van der Waals surface area contributed by atoms with Crippen molar-refractivity contribution in [3.05, 3.63) is 69.9 Å². The first-order chi connectivity index (χ1) is 13.8. The molecule has 3 rings (SSSR count). The molecule has 1 atom stereocenters. The van der Waals surface area contributed by atoms with E-state index in [1.54, 1.807) is 44.2 Å². The topological polar surface area (TPSA) is 102 Å². The molecule has 1 heterocycles. The number of furan rings is 1. The number of nitrogens with one attached hydrogen (secondary N) is 1. The lowest BCUT2D eigenvalue weighted by Gasteiger charge is -2.15. The Kier molecular flexibility index (Phi) is 6.03. The van der Waals surface area contributed by atoms with Crippen LogP contribution in [0.2, 0.25) is 5.02 Å². The molecule has 1 aromatic heterocycles. The van der Waals surface area contributed by atoms with Crippen molar-refractivity contribution in [1.29, 1.82) is 0 Å². The zero-order chi connectivity index (χ0) is 21.1. The van der Waals surface area contributed by atoms with Crippen molar-refractivity contribution in [3.8, 4) is 0 Å². The molecule has 0 saturated carbocycles. The van der Waals surface area contributed by atoms with Crippen molar-refractivity contribution < 1.29 is 18.8 Å². The Balaban J connectivity index is 1.87. The number of benzene rings is 2. The summed E-state index contributed by atoms with van der Waals surface area (Å²) >= 11 is 5.88. The average molecular weight is 413 g/mol. The van der Waals surface area contributed by atoms with Crippen LogP contribution < -0.4 is 11.1 Å². The van der Waals surface area contributed by atoms with E-state index in [9.17, 15) is 14.4 Å². The van der Waals surface area contributed by atoms with E-state index in [2.05, 4.69) is 5.32 Å².